The molecule has 0 radical (unpaired) electrons. The van der Waals surface area contributed by atoms with E-state index in [-0.39, 0.29) is 12.5 Å². The van der Waals surface area contributed by atoms with Gasteiger partial charge in [-0.15, -0.1) is 0 Å². The summed E-state index contributed by atoms with van der Waals surface area (Å²) in [7, 11) is 0. The zero-order valence-corrected chi connectivity index (χ0v) is 10.4. The van der Waals surface area contributed by atoms with Crippen molar-refractivity contribution < 1.29 is 5.11 Å². The minimum Gasteiger partial charge on any atom is -0.395 e. The lowest BCUT2D eigenvalue weighted by Gasteiger charge is -2.15. The van der Waals surface area contributed by atoms with Gasteiger partial charge in [0.2, 0.25) is 0 Å². The van der Waals surface area contributed by atoms with Crippen LogP contribution in [0, 0.1) is 11.3 Å². The lowest BCUT2D eigenvalue weighted by Crippen LogP contribution is -2.05. The first kappa shape index (κ1) is 12.6. The number of nitriles is 1. The third kappa shape index (κ3) is 2.70. The molecule has 0 aliphatic rings. The second-order valence-corrected chi connectivity index (χ2v) is 4.46. The van der Waals surface area contributed by atoms with E-state index in [4.69, 9.17) is 16.9 Å². The molecule has 0 bridgehead atoms. The molecule has 90 valence electrons. The summed E-state index contributed by atoms with van der Waals surface area (Å²) in [6.07, 6.45) is 0. The number of halogens is 1. The molecule has 0 saturated carbocycles. The predicted octanol–water partition coefficient (Wildman–Crippen LogP) is 3.34. The van der Waals surface area contributed by atoms with E-state index in [9.17, 15) is 5.11 Å². The number of hydrogen-bond donors (Lipinski definition) is 1. The molecule has 0 spiro atoms. The van der Waals surface area contributed by atoms with Crippen LogP contribution in [0.5, 0.6) is 0 Å². The quantitative estimate of drug-likeness (QED) is 0.917. The molecule has 0 aliphatic carbocycles. The Labute approximate surface area is 111 Å². The Morgan fingerprint density at radius 2 is 1.50 bits per heavy atom. The van der Waals surface area contributed by atoms with Crippen molar-refractivity contribution in [3.05, 3.63) is 70.2 Å². The van der Waals surface area contributed by atoms with E-state index in [1.807, 2.05) is 36.4 Å². The predicted molar refractivity (Wildman–Crippen MR) is 71.5 cm³/mol. The molecular formula is C15H12ClNO. The van der Waals surface area contributed by atoms with Gasteiger partial charge in [-0.1, -0.05) is 35.9 Å². The van der Waals surface area contributed by atoms with Gasteiger partial charge in [0.15, 0.2) is 0 Å². The standard InChI is InChI=1S/C15H12ClNO/c16-14-7-5-13(6-8-14)15(10-18)12-3-1-11(9-17)2-4-12/h1-8,15,18H,10H2. The number of rotatable bonds is 3. The second-order valence-electron chi connectivity index (χ2n) is 4.02. The highest BCUT2D eigenvalue weighted by Gasteiger charge is 2.12. The summed E-state index contributed by atoms with van der Waals surface area (Å²) in [5.74, 6) is -0.0880. The van der Waals surface area contributed by atoms with Gasteiger partial charge in [-0.05, 0) is 35.4 Å². The maximum atomic E-state index is 9.53. The van der Waals surface area contributed by atoms with Crippen molar-refractivity contribution in [3.63, 3.8) is 0 Å². The Kier molecular flexibility index (Phi) is 3.99. The van der Waals surface area contributed by atoms with Crippen molar-refractivity contribution in [1.82, 2.24) is 0 Å². The van der Waals surface area contributed by atoms with Crippen LogP contribution in [0.15, 0.2) is 48.5 Å². The molecule has 0 amide bonds. The molecule has 0 saturated heterocycles. The summed E-state index contributed by atoms with van der Waals surface area (Å²) in [4.78, 5) is 0. The molecule has 0 aromatic heterocycles. The molecule has 0 fully saturated rings. The van der Waals surface area contributed by atoms with Crippen LogP contribution in [0.25, 0.3) is 0 Å². The lowest BCUT2D eigenvalue weighted by molar-refractivity contribution is 0.280. The molecular weight excluding hydrogens is 246 g/mol. The number of aliphatic hydroxyl groups is 1. The molecule has 0 aliphatic heterocycles. The first-order chi connectivity index (χ1) is 8.74. The van der Waals surface area contributed by atoms with Gasteiger partial charge < -0.3 is 5.11 Å². The van der Waals surface area contributed by atoms with Gasteiger partial charge in [-0.2, -0.15) is 5.26 Å². The maximum absolute atomic E-state index is 9.53. The van der Waals surface area contributed by atoms with Gasteiger partial charge in [0.25, 0.3) is 0 Å². The van der Waals surface area contributed by atoms with E-state index >= 15 is 0 Å². The SMILES string of the molecule is N#Cc1ccc(C(CO)c2ccc(Cl)cc2)cc1. The van der Waals surface area contributed by atoms with Gasteiger partial charge in [0, 0.05) is 10.9 Å². The first-order valence-electron chi connectivity index (χ1n) is 5.61. The second kappa shape index (κ2) is 5.68. The van der Waals surface area contributed by atoms with E-state index in [1.54, 1.807) is 12.1 Å². The Hall–Kier alpha value is -1.82. The number of nitrogens with zero attached hydrogens (tertiary/aromatic N) is 1. The van der Waals surface area contributed by atoms with Crippen LogP contribution in [0.1, 0.15) is 22.6 Å². The van der Waals surface area contributed by atoms with Crippen LogP contribution in [-0.2, 0) is 0 Å². The van der Waals surface area contributed by atoms with Crippen LogP contribution in [0.3, 0.4) is 0 Å². The molecule has 18 heavy (non-hydrogen) atoms. The molecule has 2 aromatic carbocycles. The number of aliphatic hydroxyl groups excluding tert-OH is 1. The highest BCUT2D eigenvalue weighted by molar-refractivity contribution is 6.30. The van der Waals surface area contributed by atoms with Crippen LogP contribution < -0.4 is 0 Å². The van der Waals surface area contributed by atoms with Crippen molar-refractivity contribution in [3.8, 4) is 6.07 Å². The van der Waals surface area contributed by atoms with Gasteiger partial charge in [0.05, 0.1) is 18.2 Å². The number of benzene rings is 2. The summed E-state index contributed by atoms with van der Waals surface area (Å²) in [6, 6.07) is 16.8. The minimum atomic E-state index is -0.0880. The van der Waals surface area contributed by atoms with E-state index in [1.165, 1.54) is 0 Å². The fourth-order valence-electron chi connectivity index (χ4n) is 1.89. The Bertz CT molecular complexity index is 555. The summed E-state index contributed by atoms with van der Waals surface area (Å²) in [5, 5.41) is 19.0. The molecule has 2 rings (SSSR count). The third-order valence-electron chi connectivity index (χ3n) is 2.90. The van der Waals surface area contributed by atoms with Crippen LogP contribution in [0.4, 0.5) is 0 Å². The average Bonchev–Trinajstić information content (AvgIpc) is 2.42. The van der Waals surface area contributed by atoms with Crippen LogP contribution in [-0.4, -0.2) is 11.7 Å². The van der Waals surface area contributed by atoms with Crippen molar-refractivity contribution in [2.45, 2.75) is 5.92 Å². The maximum Gasteiger partial charge on any atom is 0.0991 e. The highest BCUT2D eigenvalue weighted by atomic mass is 35.5. The van der Waals surface area contributed by atoms with E-state index in [0.29, 0.717) is 10.6 Å². The Morgan fingerprint density at radius 3 is 1.94 bits per heavy atom. The minimum absolute atomic E-state index is 0.0214. The number of hydrogen-bond acceptors (Lipinski definition) is 2. The van der Waals surface area contributed by atoms with Crippen molar-refractivity contribution in [2.75, 3.05) is 6.61 Å². The molecule has 0 heterocycles. The summed E-state index contributed by atoms with van der Waals surface area (Å²) in [5.41, 5.74) is 2.61. The molecule has 1 unspecified atom stereocenters. The Balaban J connectivity index is 2.33. The van der Waals surface area contributed by atoms with E-state index in [2.05, 4.69) is 6.07 Å². The summed E-state index contributed by atoms with van der Waals surface area (Å²) < 4.78 is 0. The zero-order chi connectivity index (χ0) is 13.0. The fraction of sp³-hybridized carbons (Fsp3) is 0.133. The topological polar surface area (TPSA) is 44.0 Å². The van der Waals surface area contributed by atoms with Gasteiger partial charge in [-0.3, -0.25) is 0 Å². The van der Waals surface area contributed by atoms with Crippen molar-refractivity contribution in [2.24, 2.45) is 0 Å². The molecule has 2 nitrogen and oxygen atoms in total. The Morgan fingerprint density at radius 1 is 1.00 bits per heavy atom. The fourth-order valence-corrected chi connectivity index (χ4v) is 2.01. The smallest absolute Gasteiger partial charge is 0.0991 e. The third-order valence-corrected chi connectivity index (χ3v) is 3.15. The van der Waals surface area contributed by atoms with Crippen molar-refractivity contribution >= 4 is 11.6 Å². The first-order valence-corrected chi connectivity index (χ1v) is 5.99. The van der Waals surface area contributed by atoms with E-state index < -0.39 is 0 Å². The largest absolute Gasteiger partial charge is 0.395 e. The van der Waals surface area contributed by atoms with Gasteiger partial charge >= 0.3 is 0 Å². The zero-order valence-electron chi connectivity index (χ0n) is 9.68. The van der Waals surface area contributed by atoms with Crippen molar-refractivity contribution in [1.29, 1.82) is 5.26 Å². The van der Waals surface area contributed by atoms with Gasteiger partial charge in [0.1, 0.15) is 0 Å². The molecule has 3 heteroatoms. The molecule has 1 atom stereocenters. The molecule has 2 aromatic rings. The average molecular weight is 258 g/mol. The summed E-state index contributed by atoms with van der Waals surface area (Å²) >= 11 is 5.85. The molecule has 1 N–H and O–H groups in total. The monoisotopic (exact) mass is 257 g/mol. The van der Waals surface area contributed by atoms with Gasteiger partial charge in [-0.25, -0.2) is 0 Å². The highest BCUT2D eigenvalue weighted by Crippen LogP contribution is 2.25. The van der Waals surface area contributed by atoms with Crippen LogP contribution >= 0.6 is 11.6 Å². The summed E-state index contributed by atoms with van der Waals surface area (Å²) in [6.45, 7) is 0.0214. The van der Waals surface area contributed by atoms with E-state index in [0.717, 1.165) is 11.1 Å². The van der Waals surface area contributed by atoms with Crippen LogP contribution in [0.2, 0.25) is 5.02 Å². The lowest BCUT2D eigenvalue weighted by atomic mass is 9.91. The normalized spacial score (nSPS) is 11.8.